The lowest BCUT2D eigenvalue weighted by Gasteiger charge is -2.32. The molecular weight excluding hydrogens is 364 g/mol. The minimum Gasteiger partial charge on any atom is -0.478 e. The number of carboxylic acid groups (broad SMARTS) is 3. The Morgan fingerprint density at radius 2 is 1.78 bits per heavy atom. The van der Waals surface area contributed by atoms with Crippen molar-refractivity contribution >= 4 is 23.7 Å². The first kappa shape index (κ1) is 18.2. The van der Waals surface area contributed by atoms with Crippen LogP contribution in [0.2, 0.25) is 0 Å². The van der Waals surface area contributed by atoms with E-state index in [1.165, 1.54) is 7.05 Å². The zero-order valence-electron chi connectivity index (χ0n) is 13.5. The zero-order chi connectivity index (χ0) is 20.1. The fourth-order valence-corrected chi connectivity index (χ4v) is 2.88. The van der Waals surface area contributed by atoms with Crippen LogP contribution in [0.15, 0.2) is 12.1 Å². The van der Waals surface area contributed by atoms with Crippen molar-refractivity contribution in [2.45, 2.75) is 5.72 Å². The van der Waals surface area contributed by atoms with Gasteiger partial charge in [0.05, 0.1) is 11.3 Å². The van der Waals surface area contributed by atoms with Gasteiger partial charge in [-0.3, -0.25) is 10.2 Å². The highest BCUT2D eigenvalue weighted by atomic mass is 16.4. The van der Waals surface area contributed by atoms with E-state index in [9.17, 15) is 34.5 Å². The van der Waals surface area contributed by atoms with Crippen molar-refractivity contribution in [3.8, 4) is 11.3 Å². The van der Waals surface area contributed by atoms with E-state index in [0.717, 1.165) is 12.1 Å². The van der Waals surface area contributed by atoms with E-state index in [0.29, 0.717) is 0 Å². The quantitative estimate of drug-likeness (QED) is 0.255. The molecule has 1 atom stereocenters. The summed E-state index contributed by atoms with van der Waals surface area (Å²) in [6.07, 6.45) is 0. The van der Waals surface area contributed by atoms with Gasteiger partial charge in [0.2, 0.25) is 11.5 Å². The number of nitrogens with one attached hydrogen (secondary N) is 3. The Hall–Kier alpha value is -3.61. The van der Waals surface area contributed by atoms with E-state index in [-0.39, 0.29) is 16.8 Å². The minimum atomic E-state index is -2.63. The van der Waals surface area contributed by atoms with Gasteiger partial charge in [-0.05, 0) is 19.2 Å². The Kier molecular flexibility index (Phi) is 4.03. The molecule has 0 fully saturated rings. The summed E-state index contributed by atoms with van der Waals surface area (Å²) in [7, 11) is 1.30. The molecule has 140 valence electrons. The summed E-state index contributed by atoms with van der Waals surface area (Å²) in [5.74, 6) is -5.61. The van der Waals surface area contributed by atoms with Crippen molar-refractivity contribution in [1.29, 1.82) is 0 Å². The van der Waals surface area contributed by atoms with Gasteiger partial charge in [-0.2, -0.15) is 0 Å². The number of fused-ring (bicyclic) bond motifs is 3. The average molecular weight is 376 g/mol. The topological polar surface area (TPSA) is 202 Å². The molecule has 2 aromatic heterocycles. The second-order valence-corrected chi connectivity index (χ2v) is 5.58. The zero-order valence-corrected chi connectivity index (χ0v) is 13.5. The average Bonchev–Trinajstić information content (AvgIpc) is 3.04. The van der Waals surface area contributed by atoms with Crippen LogP contribution in [-0.4, -0.2) is 61.1 Å². The summed E-state index contributed by atoms with van der Waals surface area (Å²) < 4.78 is 0. The van der Waals surface area contributed by atoms with Gasteiger partial charge < -0.3 is 25.4 Å². The van der Waals surface area contributed by atoms with Gasteiger partial charge in [-0.1, -0.05) is 0 Å². The molecule has 1 aliphatic carbocycles. The summed E-state index contributed by atoms with van der Waals surface area (Å²) in [6.45, 7) is 0. The molecule has 0 radical (unpaired) electrons. The Morgan fingerprint density at radius 1 is 1.11 bits per heavy atom. The number of Topliss-reactive ketones (excluding diaryl/α,β-unsaturated/α-hetero) is 1. The molecule has 27 heavy (non-hydrogen) atoms. The number of nitrogens with zero attached hydrogens (tertiary/aromatic N) is 1. The van der Waals surface area contributed by atoms with Crippen LogP contribution in [0.25, 0.3) is 11.3 Å². The number of rotatable bonds is 5. The minimum absolute atomic E-state index is 0.197. The SMILES string of the molecule is CNN[C@@]1(O)C(=O)c2cc(C(=O)O)[nH]c2-c2c(C(=O)O)cc(C(=O)O)nc21. The van der Waals surface area contributed by atoms with Gasteiger partial charge in [-0.15, -0.1) is 0 Å². The molecule has 12 heteroatoms. The monoisotopic (exact) mass is 376 g/mol. The molecule has 12 nitrogen and oxygen atoms in total. The maximum Gasteiger partial charge on any atom is 0.354 e. The summed E-state index contributed by atoms with van der Waals surface area (Å²) in [5.41, 5.74) is -1.20. The number of aromatic carboxylic acids is 3. The van der Waals surface area contributed by atoms with Crippen molar-refractivity contribution in [1.82, 2.24) is 20.8 Å². The lowest BCUT2D eigenvalue weighted by molar-refractivity contribution is -0.00141. The summed E-state index contributed by atoms with van der Waals surface area (Å²) in [6, 6.07) is 1.70. The predicted octanol–water partition coefficient (Wildman–Crippen LogP) is -0.763. The number of H-pyrrole nitrogens is 1. The van der Waals surface area contributed by atoms with Gasteiger partial charge in [-0.25, -0.2) is 24.8 Å². The van der Waals surface area contributed by atoms with Gasteiger partial charge >= 0.3 is 17.9 Å². The summed E-state index contributed by atoms with van der Waals surface area (Å²) in [4.78, 5) is 53.2. The first-order valence-electron chi connectivity index (χ1n) is 7.31. The highest BCUT2D eigenvalue weighted by Crippen LogP contribution is 2.41. The Labute approximate surface area is 149 Å². The molecule has 3 rings (SSSR count). The molecular formula is C15H12N4O8. The van der Waals surface area contributed by atoms with E-state index in [1.807, 2.05) is 0 Å². The number of hydrogen-bond donors (Lipinski definition) is 7. The molecule has 0 saturated carbocycles. The first-order chi connectivity index (χ1) is 12.6. The third-order valence-electron chi connectivity index (χ3n) is 3.99. The van der Waals surface area contributed by atoms with Crippen molar-refractivity contribution < 1.29 is 39.6 Å². The molecule has 1 aliphatic rings. The third-order valence-corrected chi connectivity index (χ3v) is 3.99. The first-order valence-corrected chi connectivity index (χ1v) is 7.31. The van der Waals surface area contributed by atoms with Gasteiger partial charge in [0.1, 0.15) is 17.1 Å². The largest absolute Gasteiger partial charge is 0.478 e. The standard InChI is InChI=1S/C15H12N4O8/c1-16-19-15(27)10-8(4(12(21)22)2-7(18-10)14(25)26)9-5(11(15)20)3-6(17-9)13(23)24/h2-3,16-17,19,27H,1H3,(H,21,22)(H,23,24)(H,25,26)/t15-/m0/s1. The van der Waals surface area contributed by atoms with Crippen LogP contribution in [0.5, 0.6) is 0 Å². The fraction of sp³-hybridized carbons (Fsp3) is 0.133. The number of aromatic nitrogens is 2. The van der Waals surface area contributed by atoms with E-state index < -0.39 is 52.1 Å². The molecule has 0 spiro atoms. The van der Waals surface area contributed by atoms with Crippen molar-refractivity contribution in [3.05, 3.63) is 40.3 Å². The molecule has 7 N–H and O–H groups in total. The molecule has 0 aliphatic heterocycles. The molecule has 2 aromatic rings. The Bertz CT molecular complexity index is 1030. The molecule has 2 heterocycles. The summed E-state index contributed by atoms with van der Waals surface area (Å²) >= 11 is 0. The van der Waals surface area contributed by atoms with Crippen LogP contribution in [0, 0.1) is 0 Å². The maximum atomic E-state index is 12.8. The number of pyridine rings is 1. The predicted molar refractivity (Wildman–Crippen MR) is 85.3 cm³/mol. The molecule has 0 bridgehead atoms. The number of carbonyl (C=O) groups is 4. The Balaban J connectivity index is 2.48. The number of carbonyl (C=O) groups excluding carboxylic acids is 1. The second kappa shape index (κ2) is 5.98. The molecule has 0 unspecified atom stereocenters. The lowest BCUT2D eigenvalue weighted by Crippen LogP contribution is -2.56. The fourth-order valence-electron chi connectivity index (χ4n) is 2.88. The number of hydrazine groups is 1. The van der Waals surface area contributed by atoms with Gasteiger partial charge in [0, 0.05) is 11.1 Å². The summed E-state index contributed by atoms with van der Waals surface area (Å²) in [5, 5.41) is 38.7. The van der Waals surface area contributed by atoms with Crippen LogP contribution >= 0.6 is 0 Å². The van der Waals surface area contributed by atoms with Crippen LogP contribution in [-0.2, 0) is 5.72 Å². The molecule has 0 saturated heterocycles. The van der Waals surface area contributed by atoms with Crippen LogP contribution in [0.4, 0.5) is 0 Å². The Morgan fingerprint density at radius 3 is 2.30 bits per heavy atom. The number of ketones is 1. The van der Waals surface area contributed by atoms with E-state index >= 15 is 0 Å². The van der Waals surface area contributed by atoms with E-state index in [2.05, 4.69) is 20.8 Å². The second-order valence-electron chi connectivity index (χ2n) is 5.58. The molecule has 0 amide bonds. The normalized spacial score (nSPS) is 17.9. The van der Waals surface area contributed by atoms with Crippen molar-refractivity contribution in [2.75, 3.05) is 7.05 Å². The van der Waals surface area contributed by atoms with Gasteiger partial charge in [0.15, 0.2) is 0 Å². The maximum absolute atomic E-state index is 12.8. The number of hydrogen-bond acceptors (Lipinski definition) is 8. The highest BCUT2D eigenvalue weighted by molar-refractivity contribution is 6.14. The number of aromatic amines is 1. The van der Waals surface area contributed by atoms with E-state index in [4.69, 9.17) is 5.11 Å². The van der Waals surface area contributed by atoms with Crippen molar-refractivity contribution in [2.24, 2.45) is 0 Å². The van der Waals surface area contributed by atoms with Crippen LogP contribution in [0.3, 0.4) is 0 Å². The number of aliphatic hydroxyl groups is 1. The van der Waals surface area contributed by atoms with Crippen molar-refractivity contribution in [3.63, 3.8) is 0 Å². The lowest BCUT2D eigenvalue weighted by atomic mass is 9.83. The molecule has 0 aromatic carbocycles. The van der Waals surface area contributed by atoms with E-state index in [1.54, 1.807) is 0 Å². The number of carboxylic acids is 3. The smallest absolute Gasteiger partial charge is 0.354 e. The highest BCUT2D eigenvalue weighted by Gasteiger charge is 2.49. The van der Waals surface area contributed by atoms with Gasteiger partial charge in [0.25, 0.3) is 0 Å². The van der Waals surface area contributed by atoms with Crippen LogP contribution < -0.4 is 10.9 Å². The van der Waals surface area contributed by atoms with Crippen LogP contribution in [0.1, 0.15) is 47.4 Å². The third kappa shape index (κ3) is 2.55.